The van der Waals surface area contributed by atoms with Crippen molar-refractivity contribution in [1.29, 1.82) is 0 Å². The number of nitrogens with zero attached hydrogens (tertiary/aromatic N) is 3. The summed E-state index contributed by atoms with van der Waals surface area (Å²) in [5.74, 6) is -0.142. The second kappa shape index (κ2) is 8.05. The Labute approximate surface area is 174 Å². The number of nitrogens with one attached hydrogen (secondary N) is 1. The van der Waals surface area contributed by atoms with Crippen molar-refractivity contribution >= 4 is 28.5 Å². The van der Waals surface area contributed by atoms with Crippen LogP contribution in [0.1, 0.15) is 16.8 Å². The third-order valence-electron chi connectivity index (χ3n) is 4.86. The topological polar surface area (TPSA) is 59.8 Å². The number of halogens is 1. The molecule has 0 spiro atoms. The van der Waals surface area contributed by atoms with Gasteiger partial charge in [0.25, 0.3) is 0 Å². The largest absolute Gasteiger partial charge is 0.350 e. The summed E-state index contributed by atoms with van der Waals surface area (Å²) in [6, 6.07) is 17.8. The maximum Gasteiger partial charge on any atom is 0.242 e. The van der Waals surface area contributed by atoms with Gasteiger partial charge in [0.1, 0.15) is 6.54 Å². The molecule has 0 radical (unpaired) electrons. The number of hydrogen-bond acceptors (Lipinski definition) is 3. The fourth-order valence-corrected chi connectivity index (χ4v) is 3.68. The number of rotatable bonds is 5. The van der Waals surface area contributed by atoms with Gasteiger partial charge in [-0.3, -0.25) is 4.79 Å². The van der Waals surface area contributed by atoms with E-state index < -0.39 is 0 Å². The van der Waals surface area contributed by atoms with Crippen LogP contribution in [-0.2, 0) is 17.9 Å². The van der Waals surface area contributed by atoms with Crippen molar-refractivity contribution < 1.29 is 4.79 Å². The Bertz CT molecular complexity index is 1200. The standard InChI is InChI=1S/C23H21ClN4O/c1-15-6-5-8-17(12-15)19-10-11-25-23-22(19)16(2)27-28(23)14-21(29)26-13-18-7-3-4-9-20(18)24/h3-12H,13-14H2,1-2H3,(H,26,29). The van der Waals surface area contributed by atoms with Crippen molar-refractivity contribution in [3.05, 3.63) is 82.6 Å². The van der Waals surface area contributed by atoms with Gasteiger partial charge in [-0.05, 0) is 42.7 Å². The molecule has 0 aliphatic heterocycles. The van der Waals surface area contributed by atoms with Gasteiger partial charge in [0, 0.05) is 23.2 Å². The van der Waals surface area contributed by atoms with Crippen molar-refractivity contribution in [2.45, 2.75) is 26.9 Å². The Morgan fingerprint density at radius 2 is 1.93 bits per heavy atom. The number of carbonyl (C=O) groups is 1. The van der Waals surface area contributed by atoms with Crippen LogP contribution in [0.5, 0.6) is 0 Å². The summed E-state index contributed by atoms with van der Waals surface area (Å²) < 4.78 is 1.66. The molecule has 0 bridgehead atoms. The van der Waals surface area contributed by atoms with E-state index in [1.807, 2.05) is 43.3 Å². The summed E-state index contributed by atoms with van der Waals surface area (Å²) in [4.78, 5) is 17.0. The number of fused-ring (bicyclic) bond motifs is 1. The molecule has 1 N–H and O–H groups in total. The number of aryl methyl sites for hydroxylation is 2. The number of aromatic nitrogens is 3. The summed E-state index contributed by atoms with van der Waals surface area (Å²) in [7, 11) is 0. The van der Waals surface area contributed by atoms with E-state index in [0.29, 0.717) is 17.2 Å². The van der Waals surface area contributed by atoms with E-state index in [0.717, 1.165) is 27.8 Å². The lowest BCUT2D eigenvalue weighted by molar-refractivity contribution is -0.121. The van der Waals surface area contributed by atoms with E-state index >= 15 is 0 Å². The first-order chi connectivity index (χ1) is 14.0. The first kappa shape index (κ1) is 19.2. The zero-order valence-electron chi connectivity index (χ0n) is 16.3. The highest BCUT2D eigenvalue weighted by atomic mass is 35.5. The molecule has 0 saturated heterocycles. The summed E-state index contributed by atoms with van der Waals surface area (Å²) in [6.07, 6.45) is 1.76. The highest BCUT2D eigenvalue weighted by molar-refractivity contribution is 6.31. The Morgan fingerprint density at radius 1 is 1.10 bits per heavy atom. The van der Waals surface area contributed by atoms with Crippen LogP contribution in [0.3, 0.4) is 0 Å². The molecule has 2 aromatic heterocycles. The molecule has 0 fully saturated rings. The Hall–Kier alpha value is -3.18. The monoisotopic (exact) mass is 404 g/mol. The molecule has 0 saturated carbocycles. The molecule has 146 valence electrons. The predicted molar refractivity (Wildman–Crippen MR) is 116 cm³/mol. The predicted octanol–water partition coefficient (Wildman–Crippen LogP) is 4.68. The van der Waals surface area contributed by atoms with Gasteiger partial charge in [0.2, 0.25) is 5.91 Å². The van der Waals surface area contributed by atoms with Gasteiger partial charge < -0.3 is 5.32 Å². The lowest BCUT2D eigenvalue weighted by Gasteiger charge is -2.08. The van der Waals surface area contributed by atoms with E-state index in [2.05, 4.69) is 40.5 Å². The Morgan fingerprint density at radius 3 is 2.72 bits per heavy atom. The Kier molecular flexibility index (Phi) is 5.32. The second-order valence-electron chi connectivity index (χ2n) is 7.04. The van der Waals surface area contributed by atoms with E-state index in [4.69, 9.17) is 11.6 Å². The van der Waals surface area contributed by atoms with Crippen LogP contribution >= 0.6 is 11.6 Å². The van der Waals surface area contributed by atoms with Crippen LogP contribution in [0.15, 0.2) is 60.8 Å². The molecule has 6 heteroatoms. The fourth-order valence-electron chi connectivity index (χ4n) is 3.47. The molecule has 5 nitrogen and oxygen atoms in total. The third kappa shape index (κ3) is 4.00. The first-order valence-corrected chi connectivity index (χ1v) is 9.80. The van der Waals surface area contributed by atoms with Crippen LogP contribution in [0.25, 0.3) is 22.2 Å². The fraction of sp³-hybridized carbons (Fsp3) is 0.174. The van der Waals surface area contributed by atoms with Crippen LogP contribution in [-0.4, -0.2) is 20.7 Å². The molecule has 2 heterocycles. The van der Waals surface area contributed by atoms with Crippen molar-refractivity contribution in [1.82, 2.24) is 20.1 Å². The zero-order valence-corrected chi connectivity index (χ0v) is 17.1. The second-order valence-corrected chi connectivity index (χ2v) is 7.44. The van der Waals surface area contributed by atoms with Crippen molar-refractivity contribution in [2.24, 2.45) is 0 Å². The molecule has 4 rings (SSSR count). The van der Waals surface area contributed by atoms with Gasteiger partial charge in [0.15, 0.2) is 5.65 Å². The molecule has 1 amide bonds. The maximum atomic E-state index is 12.5. The van der Waals surface area contributed by atoms with Crippen molar-refractivity contribution in [2.75, 3.05) is 0 Å². The number of amides is 1. The minimum atomic E-state index is -0.142. The number of hydrogen-bond donors (Lipinski definition) is 1. The van der Waals surface area contributed by atoms with Crippen LogP contribution < -0.4 is 5.32 Å². The third-order valence-corrected chi connectivity index (χ3v) is 5.23. The quantitative estimate of drug-likeness (QED) is 0.525. The van der Waals surface area contributed by atoms with Gasteiger partial charge in [-0.25, -0.2) is 9.67 Å². The molecule has 29 heavy (non-hydrogen) atoms. The summed E-state index contributed by atoms with van der Waals surface area (Å²) in [5, 5.41) is 9.09. The van der Waals surface area contributed by atoms with E-state index in [1.54, 1.807) is 10.9 Å². The van der Waals surface area contributed by atoms with E-state index in [9.17, 15) is 4.79 Å². The summed E-state index contributed by atoms with van der Waals surface area (Å²) >= 11 is 6.16. The number of benzene rings is 2. The number of carbonyl (C=O) groups excluding carboxylic acids is 1. The lowest BCUT2D eigenvalue weighted by Crippen LogP contribution is -2.27. The van der Waals surface area contributed by atoms with Gasteiger partial charge in [-0.2, -0.15) is 5.10 Å². The molecular weight excluding hydrogens is 384 g/mol. The lowest BCUT2D eigenvalue weighted by atomic mass is 10.0. The molecular formula is C23H21ClN4O. The Balaban J connectivity index is 1.60. The summed E-state index contributed by atoms with van der Waals surface area (Å²) in [6.45, 7) is 4.49. The van der Waals surface area contributed by atoms with Crippen molar-refractivity contribution in [3.8, 4) is 11.1 Å². The smallest absolute Gasteiger partial charge is 0.242 e. The molecule has 0 unspecified atom stereocenters. The van der Waals surface area contributed by atoms with Gasteiger partial charge in [-0.1, -0.05) is 59.6 Å². The van der Waals surface area contributed by atoms with Crippen molar-refractivity contribution in [3.63, 3.8) is 0 Å². The number of pyridine rings is 1. The highest BCUT2D eigenvalue weighted by Gasteiger charge is 2.16. The van der Waals surface area contributed by atoms with Gasteiger partial charge in [-0.15, -0.1) is 0 Å². The minimum absolute atomic E-state index is 0.0963. The average Bonchev–Trinajstić information content (AvgIpc) is 3.03. The van der Waals surface area contributed by atoms with E-state index in [1.165, 1.54) is 5.56 Å². The molecule has 0 aliphatic rings. The minimum Gasteiger partial charge on any atom is -0.350 e. The zero-order chi connectivity index (χ0) is 20.4. The molecule has 0 aliphatic carbocycles. The normalized spacial score (nSPS) is 11.0. The first-order valence-electron chi connectivity index (χ1n) is 9.42. The SMILES string of the molecule is Cc1cccc(-c2ccnc3c2c(C)nn3CC(=O)NCc2ccccc2Cl)c1. The average molecular weight is 405 g/mol. The van der Waals surface area contributed by atoms with Gasteiger partial charge >= 0.3 is 0 Å². The van der Waals surface area contributed by atoms with Crippen LogP contribution in [0, 0.1) is 13.8 Å². The highest BCUT2D eigenvalue weighted by Crippen LogP contribution is 2.30. The van der Waals surface area contributed by atoms with Gasteiger partial charge in [0.05, 0.1) is 5.69 Å². The summed E-state index contributed by atoms with van der Waals surface area (Å²) in [5.41, 5.74) is 5.81. The van der Waals surface area contributed by atoms with Crippen LogP contribution in [0.2, 0.25) is 5.02 Å². The molecule has 2 aromatic carbocycles. The maximum absolute atomic E-state index is 12.5. The molecule has 0 atom stereocenters. The van der Waals surface area contributed by atoms with E-state index in [-0.39, 0.29) is 12.5 Å². The molecule has 4 aromatic rings. The van der Waals surface area contributed by atoms with Crippen LogP contribution in [0.4, 0.5) is 0 Å².